The molecule has 3 nitrogen and oxygen atoms in total. The second-order valence-corrected chi connectivity index (χ2v) is 5.14. The Morgan fingerprint density at radius 1 is 1.50 bits per heavy atom. The van der Waals surface area contributed by atoms with Crippen molar-refractivity contribution in [1.29, 1.82) is 0 Å². The van der Waals surface area contributed by atoms with Crippen molar-refractivity contribution in [3.05, 3.63) is 35.4 Å². The number of alkyl halides is 1. The normalized spacial score (nSPS) is 21.1. The fourth-order valence-electron chi connectivity index (χ4n) is 2.28. The van der Waals surface area contributed by atoms with E-state index in [0.717, 1.165) is 18.5 Å². The number of aliphatic hydroxyl groups excluding tert-OH is 1. The van der Waals surface area contributed by atoms with Gasteiger partial charge in [0.15, 0.2) is 0 Å². The van der Waals surface area contributed by atoms with Gasteiger partial charge in [0.25, 0.3) is 5.91 Å². The van der Waals surface area contributed by atoms with Crippen molar-refractivity contribution in [2.45, 2.75) is 25.3 Å². The summed E-state index contributed by atoms with van der Waals surface area (Å²) in [6, 6.07) is 7.39. The Morgan fingerprint density at radius 2 is 2.17 bits per heavy atom. The maximum atomic E-state index is 12.2. The van der Waals surface area contributed by atoms with Gasteiger partial charge < -0.3 is 10.0 Å². The number of amides is 1. The maximum Gasteiger partial charge on any atom is 0.253 e. The zero-order chi connectivity index (χ0) is 13.1. The van der Waals surface area contributed by atoms with Crippen molar-refractivity contribution in [2.75, 3.05) is 13.1 Å². The molecular formula is C14H18ClNO2. The zero-order valence-electron chi connectivity index (χ0n) is 10.5. The summed E-state index contributed by atoms with van der Waals surface area (Å²) in [4.78, 5) is 14.0. The third-order valence-electron chi connectivity index (χ3n) is 3.55. The van der Waals surface area contributed by atoms with E-state index in [1.165, 1.54) is 0 Å². The molecule has 0 saturated carbocycles. The topological polar surface area (TPSA) is 40.5 Å². The van der Waals surface area contributed by atoms with Gasteiger partial charge in [-0.1, -0.05) is 12.1 Å². The van der Waals surface area contributed by atoms with Gasteiger partial charge in [-0.25, -0.2) is 0 Å². The molecule has 2 atom stereocenters. The molecule has 1 aliphatic rings. The summed E-state index contributed by atoms with van der Waals surface area (Å²) in [7, 11) is 0. The maximum absolute atomic E-state index is 12.2. The first-order chi connectivity index (χ1) is 8.61. The molecule has 1 aromatic rings. The van der Waals surface area contributed by atoms with Gasteiger partial charge in [0, 0.05) is 30.5 Å². The fourth-order valence-corrected chi connectivity index (χ4v) is 2.46. The predicted octanol–water partition coefficient (Wildman–Crippen LogP) is 2.27. The van der Waals surface area contributed by atoms with Gasteiger partial charge in [0.2, 0.25) is 0 Å². The highest BCUT2D eigenvalue weighted by Gasteiger charge is 2.29. The van der Waals surface area contributed by atoms with E-state index in [0.29, 0.717) is 18.0 Å². The summed E-state index contributed by atoms with van der Waals surface area (Å²) >= 11 is 5.72. The van der Waals surface area contributed by atoms with Crippen molar-refractivity contribution in [1.82, 2.24) is 4.90 Å². The molecule has 0 bridgehead atoms. The molecule has 0 aromatic heterocycles. The van der Waals surface area contributed by atoms with Crippen molar-refractivity contribution >= 4 is 17.5 Å². The van der Waals surface area contributed by atoms with Crippen LogP contribution in [0.2, 0.25) is 0 Å². The third-order valence-corrected chi connectivity index (χ3v) is 3.86. The van der Waals surface area contributed by atoms with Crippen LogP contribution in [-0.2, 0) is 5.88 Å². The van der Waals surface area contributed by atoms with Crippen LogP contribution in [0.25, 0.3) is 0 Å². The first kappa shape index (κ1) is 13.4. The number of rotatable bonds is 3. The van der Waals surface area contributed by atoms with Crippen LogP contribution in [0.1, 0.15) is 29.3 Å². The Balaban J connectivity index is 2.03. The lowest BCUT2D eigenvalue weighted by atomic mass is 10.0. The number of hydrogen-bond donors (Lipinski definition) is 1. The Bertz CT molecular complexity index is 416. The van der Waals surface area contributed by atoms with Crippen molar-refractivity contribution in [2.24, 2.45) is 5.92 Å². The molecule has 98 valence electrons. The molecule has 1 saturated heterocycles. The molecule has 0 radical (unpaired) electrons. The average Bonchev–Trinajstić information content (AvgIpc) is 2.88. The van der Waals surface area contributed by atoms with E-state index < -0.39 is 0 Å². The van der Waals surface area contributed by atoms with Gasteiger partial charge in [-0.05, 0) is 31.0 Å². The van der Waals surface area contributed by atoms with Crippen LogP contribution in [0.3, 0.4) is 0 Å². The SMILES string of the molecule is CC(O)C1CCN(C(=O)c2ccc(CCl)cc2)C1. The van der Waals surface area contributed by atoms with Crippen molar-refractivity contribution in [3.63, 3.8) is 0 Å². The van der Waals surface area contributed by atoms with Crippen LogP contribution in [0.15, 0.2) is 24.3 Å². The van der Waals surface area contributed by atoms with Crippen LogP contribution in [0, 0.1) is 5.92 Å². The average molecular weight is 268 g/mol. The molecular weight excluding hydrogens is 250 g/mol. The minimum absolute atomic E-state index is 0.0410. The molecule has 4 heteroatoms. The van der Waals surface area contributed by atoms with Crippen LogP contribution >= 0.6 is 11.6 Å². The van der Waals surface area contributed by atoms with Gasteiger partial charge in [-0.3, -0.25) is 4.79 Å². The van der Waals surface area contributed by atoms with Crippen molar-refractivity contribution in [3.8, 4) is 0 Å². The molecule has 1 aromatic carbocycles. The monoisotopic (exact) mass is 267 g/mol. The first-order valence-electron chi connectivity index (χ1n) is 6.24. The minimum Gasteiger partial charge on any atom is -0.393 e. The zero-order valence-corrected chi connectivity index (χ0v) is 11.2. The lowest BCUT2D eigenvalue weighted by Gasteiger charge is -2.17. The minimum atomic E-state index is -0.346. The Hall–Kier alpha value is -1.06. The lowest BCUT2D eigenvalue weighted by Crippen LogP contribution is -2.30. The highest BCUT2D eigenvalue weighted by atomic mass is 35.5. The molecule has 0 aliphatic carbocycles. The number of benzene rings is 1. The first-order valence-corrected chi connectivity index (χ1v) is 6.77. The van der Waals surface area contributed by atoms with Gasteiger partial charge in [0.05, 0.1) is 6.10 Å². The van der Waals surface area contributed by atoms with Gasteiger partial charge in [0.1, 0.15) is 0 Å². The van der Waals surface area contributed by atoms with E-state index in [-0.39, 0.29) is 17.9 Å². The lowest BCUT2D eigenvalue weighted by molar-refractivity contribution is 0.0762. The van der Waals surface area contributed by atoms with Crippen LogP contribution < -0.4 is 0 Å². The van der Waals surface area contributed by atoms with Gasteiger partial charge in [-0.2, -0.15) is 0 Å². The number of carbonyl (C=O) groups is 1. The summed E-state index contributed by atoms with van der Waals surface area (Å²) in [5.74, 6) is 0.706. The Labute approximate surface area is 112 Å². The second-order valence-electron chi connectivity index (χ2n) is 4.87. The molecule has 1 N–H and O–H groups in total. The van der Waals surface area contributed by atoms with E-state index in [2.05, 4.69) is 0 Å². The number of hydrogen-bond acceptors (Lipinski definition) is 2. The number of carbonyl (C=O) groups excluding carboxylic acids is 1. The number of nitrogens with zero attached hydrogens (tertiary/aromatic N) is 1. The third kappa shape index (κ3) is 2.85. The number of aliphatic hydroxyl groups is 1. The summed E-state index contributed by atoms with van der Waals surface area (Å²) in [5.41, 5.74) is 1.70. The Morgan fingerprint density at radius 3 is 2.67 bits per heavy atom. The van der Waals surface area contributed by atoms with E-state index in [4.69, 9.17) is 11.6 Å². The molecule has 2 rings (SSSR count). The highest BCUT2D eigenvalue weighted by Crippen LogP contribution is 2.21. The van der Waals surface area contributed by atoms with Gasteiger partial charge >= 0.3 is 0 Å². The largest absolute Gasteiger partial charge is 0.393 e. The summed E-state index contributed by atoms with van der Waals surface area (Å²) in [6.07, 6.45) is 0.532. The van der Waals surface area contributed by atoms with E-state index >= 15 is 0 Å². The molecule has 2 unspecified atom stereocenters. The predicted molar refractivity (Wildman–Crippen MR) is 71.7 cm³/mol. The van der Waals surface area contributed by atoms with Crippen LogP contribution in [0.4, 0.5) is 0 Å². The highest BCUT2D eigenvalue weighted by molar-refractivity contribution is 6.17. The fraction of sp³-hybridized carbons (Fsp3) is 0.500. The number of likely N-dealkylation sites (tertiary alicyclic amines) is 1. The summed E-state index contributed by atoms with van der Waals surface area (Å²) < 4.78 is 0. The van der Waals surface area contributed by atoms with E-state index in [1.54, 1.807) is 6.92 Å². The second kappa shape index (κ2) is 5.72. The van der Waals surface area contributed by atoms with Crippen LogP contribution in [-0.4, -0.2) is 35.1 Å². The summed E-state index contributed by atoms with van der Waals surface area (Å²) in [5, 5.41) is 9.54. The summed E-state index contributed by atoms with van der Waals surface area (Å²) in [6.45, 7) is 3.16. The number of halogens is 1. The van der Waals surface area contributed by atoms with Crippen molar-refractivity contribution < 1.29 is 9.90 Å². The molecule has 1 amide bonds. The molecule has 1 heterocycles. The quantitative estimate of drug-likeness (QED) is 0.854. The molecule has 0 spiro atoms. The Kier molecular flexibility index (Phi) is 4.25. The standard InChI is InChI=1S/C14H18ClNO2/c1-10(17)13-6-7-16(9-13)14(18)12-4-2-11(8-15)3-5-12/h2-5,10,13,17H,6-9H2,1H3. The van der Waals surface area contributed by atoms with E-state index in [1.807, 2.05) is 29.2 Å². The smallest absolute Gasteiger partial charge is 0.253 e. The van der Waals surface area contributed by atoms with Crippen LogP contribution in [0.5, 0.6) is 0 Å². The van der Waals surface area contributed by atoms with Gasteiger partial charge in [-0.15, -0.1) is 11.6 Å². The molecule has 1 aliphatic heterocycles. The molecule has 18 heavy (non-hydrogen) atoms. The molecule has 1 fully saturated rings. The van der Waals surface area contributed by atoms with E-state index in [9.17, 15) is 9.90 Å².